The Morgan fingerprint density at radius 2 is 2.05 bits per heavy atom. The summed E-state index contributed by atoms with van der Waals surface area (Å²) in [6.07, 6.45) is 3.08. The molecule has 1 saturated heterocycles. The number of ether oxygens (including phenoxy) is 1. The van der Waals surface area contributed by atoms with Gasteiger partial charge in [0.2, 0.25) is 5.91 Å². The summed E-state index contributed by atoms with van der Waals surface area (Å²) in [7, 11) is 0. The van der Waals surface area contributed by atoms with Crippen LogP contribution in [0.25, 0.3) is 0 Å². The fraction of sp³-hybridized carbons (Fsp3) is 0.611. The molecule has 1 aromatic carbocycles. The Balaban J connectivity index is 1.53. The summed E-state index contributed by atoms with van der Waals surface area (Å²) in [6.45, 7) is 6.42. The smallest absolute Gasteiger partial charge is 0.237 e. The minimum atomic E-state index is -0.101. The highest BCUT2D eigenvalue weighted by atomic mass is 16.5. The minimum absolute atomic E-state index is 0.101. The van der Waals surface area contributed by atoms with Gasteiger partial charge in [-0.25, -0.2) is 0 Å². The van der Waals surface area contributed by atoms with Gasteiger partial charge in [0.05, 0.1) is 18.2 Å². The van der Waals surface area contributed by atoms with Crippen LogP contribution in [-0.4, -0.2) is 42.1 Å². The van der Waals surface area contributed by atoms with Crippen molar-refractivity contribution in [1.82, 2.24) is 10.2 Å². The molecule has 1 aliphatic carbocycles. The third kappa shape index (κ3) is 3.87. The zero-order valence-electron chi connectivity index (χ0n) is 13.5. The highest BCUT2D eigenvalue weighted by Crippen LogP contribution is 2.36. The van der Waals surface area contributed by atoms with Gasteiger partial charge in [0, 0.05) is 19.6 Å². The molecule has 4 nitrogen and oxygen atoms in total. The second-order valence-corrected chi connectivity index (χ2v) is 6.66. The first kappa shape index (κ1) is 15.5. The predicted molar refractivity (Wildman–Crippen MR) is 86.4 cm³/mol. The van der Waals surface area contributed by atoms with E-state index < -0.39 is 0 Å². The van der Waals surface area contributed by atoms with Crippen LogP contribution >= 0.6 is 0 Å². The lowest BCUT2D eigenvalue weighted by molar-refractivity contribution is -0.134. The van der Waals surface area contributed by atoms with Crippen LogP contribution in [0.15, 0.2) is 30.3 Å². The lowest BCUT2D eigenvalue weighted by Gasteiger charge is -2.39. The minimum Gasteiger partial charge on any atom is -0.372 e. The van der Waals surface area contributed by atoms with Crippen molar-refractivity contribution in [1.29, 1.82) is 0 Å². The van der Waals surface area contributed by atoms with E-state index in [1.54, 1.807) is 0 Å². The molecule has 0 aromatic heterocycles. The van der Waals surface area contributed by atoms with Crippen LogP contribution in [0.3, 0.4) is 0 Å². The number of nitrogens with one attached hydrogen (secondary N) is 1. The summed E-state index contributed by atoms with van der Waals surface area (Å²) >= 11 is 0. The quantitative estimate of drug-likeness (QED) is 0.906. The van der Waals surface area contributed by atoms with Crippen LogP contribution in [0.4, 0.5) is 0 Å². The number of rotatable bonds is 5. The lowest BCUT2D eigenvalue weighted by atomic mass is 10.1. The van der Waals surface area contributed by atoms with Gasteiger partial charge in [0.25, 0.3) is 0 Å². The van der Waals surface area contributed by atoms with Crippen LogP contribution in [0, 0.1) is 5.92 Å². The van der Waals surface area contributed by atoms with Crippen LogP contribution in [0.1, 0.15) is 32.3 Å². The SMILES string of the molecule is C[C@@H]1CN([C@@H](C)C(=O)NCc2ccccc2)C[C@H](C2CC2)O1. The molecule has 1 heterocycles. The topological polar surface area (TPSA) is 41.6 Å². The van der Waals surface area contributed by atoms with E-state index in [1.807, 2.05) is 37.3 Å². The standard InChI is InChI=1S/C18H26N2O2/c1-13-11-20(12-17(22-13)16-8-9-16)14(2)18(21)19-10-15-6-4-3-5-7-15/h3-7,13-14,16-17H,8-12H2,1-2H3,(H,19,21)/t13-,14+,17-/m1/s1. The molecule has 1 aromatic rings. The van der Waals surface area contributed by atoms with Gasteiger partial charge in [-0.05, 0) is 38.2 Å². The summed E-state index contributed by atoms with van der Waals surface area (Å²) in [4.78, 5) is 14.7. The maximum atomic E-state index is 12.4. The van der Waals surface area contributed by atoms with E-state index in [1.165, 1.54) is 12.8 Å². The molecule has 120 valence electrons. The Morgan fingerprint density at radius 1 is 1.32 bits per heavy atom. The van der Waals surface area contributed by atoms with Crippen molar-refractivity contribution in [2.75, 3.05) is 13.1 Å². The van der Waals surface area contributed by atoms with Crippen molar-refractivity contribution in [3.8, 4) is 0 Å². The number of carbonyl (C=O) groups is 1. The van der Waals surface area contributed by atoms with Gasteiger partial charge in [-0.15, -0.1) is 0 Å². The van der Waals surface area contributed by atoms with Gasteiger partial charge in [0.1, 0.15) is 0 Å². The van der Waals surface area contributed by atoms with E-state index in [0.29, 0.717) is 18.6 Å². The number of hydrogen-bond donors (Lipinski definition) is 1. The van der Waals surface area contributed by atoms with E-state index in [4.69, 9.17) is 4.74 Å². The Kier molecular flexibility index (Phi) is 4.79. The molecule has 2 fully saturated rings. The summed E-state index contributed by atoms with van der Waals surface area (Å²) in [6, 6.07) is 9.94. The first-order valence-corrected chi connectivity index (χ1v) is 8.34. The van der Waals surface area contributed by atoms with Crippen molar-refractivity contribution < 1.29 is 9.53 Å². The number of hydrogen-bond acceptors (Lipinski definition) is 3. The molecule has 3 atom stereocenters. The summed E-state index contributed by atoms with van der Waals surface area (Å²) in [5, 5.41) is 3.05. The molecule has 22 heavy (non-hydrogen) atoms. The fourth-order valence-corrected chi connectivity index (χ4v) is 3.16. The average molecular weight is 302 g/mol. The molecule has 3 rings (SSSR count). The van der Waals surface area contributed by atoms with Gasteiger partial charge >= 0.3 is 0 Å². The molecule has 4 heteroatoms. The first-order valence-electron chi connectivity index (χ1n) is 8.34. The third-order valence-corrected chi connectivity index (χ3v) is 4.70. The van der Waals surface area contributed by atoms with E-state index in [-0.39, 0.29) is 18.1 Å². The van der Waals surface area contributed by atoms with Crippen LogP contribution in [0.5, 0.6) is 0 Å². The Bertz CT molecular complexity index is 501. The second-order valence-electron chi connectivity index (χ2n) is 6.66. The summed E-state index contributed by atoms with van der Waals surface area (Å²) in [5.41, 5.74) is 1.13. The maximum absolute atomic E-state index is 12.4. The zero-order valence-corrected chi connectivity index (χ0v) is 13.5. The van der Waals surface area contributed by atoms with Gasteiger partial charge in [-0.2, -0.15) is 0 Å². The van der Waals surface area contributed by atoms with Crippen molar-refractivity contribution >= 4 is 5.91 Å². The average Bonchev–Trinajstić information content (AvgIpc) is 3.37. The molecular formula is C18H26N2O2. The molecular weight excluding hydrogens is 276 g/mol. The van der Waals surface area contributed by atoms with E-state index in [2.05, 4.69) is 17.1 Å². The molecule has 1 saturated carbocycles. The van der Waals surface area contributed by atoms with Gasteiger partial charge in [0.15, 0.2) is 0 Å². The first-order chi connectivity index (χ1) is 10.6. The van der Waals surface area contributed by atoms with Crippen molar-refractivity contribution in [3.05, 3.63) is 35.9 Å². The molecule has 1 aliphatic heterocycles. The van der Waals surface area contributed by atoms with Crippen molar-refractivity contribution in [3.63, 3.8) is 0 Å². The summed E-state index contributed by atoms with van der Waals surface area (Å²) in [5.74, 6) is 0.817. The number of amides is 1. The Labute approximate surface area is 132 Å². The highest BCUT2D eigenvalue weighted by molar-refractivity contribution is 5.81. The second kappa shape index (κ2) is 6.80. The zero-order chi connectivity index (χ0) is 15.5. The van der Waals surface area contributed by atoms with Gasteiger partial charge in [-0.1, -0.05) is 30.3 Å². The molecule has 0 radical (unpaired) electrons. The molecule has 1 amide bonds. The molecule has 1 N–H and O–H groups in total. The van der Waals surface area contributed by atoms with Crippen LogP contribution in [-0.2, 0) is 16.1 Å². The van der Waals surface area contributed by atoms with Crippen LogP contribution in [0.2, 0.25) is 0 Å². The monoisotopic (exact) mass is 302 g/mol. The highest BCUT2D eigenvalue weighted by Gasteiger charge is 2.39. The Morgan fingerprint density at radius 3 is 2.73 bits per heavy atom. The number of benzene rings is 1. The predicted octanol–water partition coefficient (Wildman–Crippen LogP) is 2.19. The van der Waals surface area contributed by atoms with Gasteiger partial charge in [-0.3, -0.25) is 9.69 Å². The molecule has 0 unspecified atom stereocenters. The maximum Gasteiger partial charge on any atom is 0.237 e. The van der Waals surface area contributed by atoms with E-state index in [9.17, 15) is 4.79 Å². The van der Waals surface area contributed by atoms with E-state index in [0.717, 1.165) is 18.7 Å². The van der Waals surface area contributed by atoms with E-state index >= 15 is 0 Å². The van der Waals surface area contributed by atoms with Crippen molar-refractivity contribution in [2.45, 2.75) is 51.5 Å². The normalized spacial score (nSPS) is 27.4. The molecule has 0 bridgehead atoms. The number of nitrogens with zero attached hydrogens (tertiary/aromatic N) is 1. The third-order valence-electron chi connectivity index (χ3n) is 4.70. The molecule has 2 aliphatic rings. The number of carbonyl (C=O) groups excluding carboxylic acids is 1. The number of morpholine rings is 1. The molecule has 0 spiro atoms. The van der Waals surface area contributed by atoms with Crippen molar-refractivity contribution in [2.24, 2.45) is 5.92 Å². The van der Waals surface area contributed by atoms with Gasteiger partial charge < -0.3 is 10.1 Å². The lowest BCUT2D eigenvalue weighted by Crippen LogP contribution is -2.54. The largest absolute Gasteiger partial charge is 0.372 e. The van der Waals surface area contributed by atoms with Crippen LogP contribution < -0.4 is 5.32 Å². The summed E-state index contributed by atoms with van der Waals surface area (Å²) < 4.78 is 6.03. The Hall–Kier alpha value is -1.39. The fourth-order valence-electron chi connectivity index (χ4n) is 3.16.